The zero-order valence-corrected chi connectivity index (χ0v) is 24.9. The second-order valence-electron chi connectivity index (χ2n) is 10.9. The van der Waals surface area contributed by atoms with Crippen LogP contribution >= 0.6 is 0 Å². The Morgan fingerprint density at radius 1 is 1.05 bits per heavy atom. The highest BCUT2D eigenvalue weighted by molar-refractivity contribution is 5.95. The molecule has 0 bridgehead atoms. The van der Waals surface area contributed by atoms with Crippen molar-refractivity contribution >= 4 is 11.9 Å². The Hall–Kier alpha value is -2.94. The summed E-state index contributed by atoms with van der Waals surface area (Å²) in [4.78, 5) is 17.3. The van der Waals surface area contributed by atoms with Gasteiger partial charge < -0.3 is 19.7 Å². The normalized spacial score (nSPS) is 14.3. The average molecular weight is 552 g/mol. The van der Waals surface area contributed by atoms with E-state index in [9.17, 15) is 4.79 Å². The second-order valence-corrected chi connectivity index (χ2v) is 10.9. The van der Waals surface area contributed by atoms with Crippen LogP contribution in [0.25, 0.3) is 11.1 Å². The number of likely N-dealkylation sites (tertiary alicyclic amines) is 1. The Kier molecular flexibility index (Phi) is 13.4. The molecule has 8 nitrogen and oxygen atoms in total. The van der Waals surface area contributed by atoms with E-state index in [1.807, 2.05) is 6.07 Å². The average Bonchev–Trinajstić information content (AvgIpc) is 2.95. The summed E-state index contributed by atoms with van der Waals surface area (Å²) in [5, 5.41) is 13.4. The zero-order valence-electron chi connectivity index (χ0n) is 24.9. The van der Waals surface area contributed by atoms with Gasteiger partial charge >= 0.3 is 0 Å². The number of aryl methyl sites for hydroxylation is 1. The molecule has 40 heavy (non-hydrogen) atoms. The predicted octanol–water partition coefficient (Wildman–Crippen LogP) is 4.67. The van der Waals surface area contributed by atoms with Crippen molar-refractivity contribution in [1.82, 2.24) is 20.4 Å². The minimum absolute atomic E-state index is 0.0671. The number of amides is 1. The number of ether oxygens (including phenoxy) is 2. The van der Waals surface area contributed by atoms with Gasteiger partial charge in [-0.15, -0.1) is 0 Å². The molecule has 1 amide bonds. The van der Waals surface area contributed by atoms with Gasteiger partial charge in [-0.25, -0.2) is 0 Å². The number of benzene rings is 2. The van der Waals surface area contributed by atoms with Crippen molar-refractivity contribution in [3.63, 3.8) is 0 Å². The van der Waals surface area contributed by atoms with Gasteiger partial charge in [0.15, 0.2) is 5.96 Å². The van der Waals surface area contributed by atoms with Crippen LogP contribution in [0.3, 0.4) is 0 Å². The summed E-state index contributed by atoms with van der Waals surface area (Å²) in [5.41, 5.74) is 4.52. The maximum absolute atomic E-state index is 12.4. The molecule has 220 valence electrons. The molecular formula is C32H49N5O3. The highest BCUT2D eigenvalue weighted by Crippen LogP contribution is 2.32. The summed E-state index contributed by atoms with van der Waals surface area (Å²) < 4.78 is 11.4. The first-order chi connectivity index (χ1) is 19.4. The number of nitrogens with one attached hydrogen (secondary N) is 3. The number of unbranched alkanes of at least 4 members (excludes halogenated alkanes) is 1. The van der Waals surface area contributed by atoms with Gasteiger partial charge in [0.05, 0.1) is 6.61 Å². The second kappa shape index (κ2) is 17.0. The fourth-order valence-electron chi connectivity index (χ4n) is 5.00. The van der Waals surface area contributed by atoms with Crippen LogP contribution in [-0.2, 0) is 22.5 Å². The van der Waals surface area contributed by atoms with E-state index in [0.29, 0.717) is 38.6 Å². The summed E-state index contributed by atoms with van der Waals surface area (Å²) in [6.07, 6.45) is 6.14. The molecule has 2 aromatic rings. The molecule has 0 aliphatic carbocycles. The van der Waals surface area contributed by atoms with Crippen molar-refractivity contribution in [2.24, 2.45) is 0 Å². The zero-order chi connectivity index (χ0) is 28.7. The lowest BCUT2D eigenvalue weighted by atomic mass is 9.99. The van der Waals surface area contributed by atoms with E-state index in [-0.39, 0.29) is 11.9 Å². The van der Waals surface area contributed by atoms with Gasteiger partial charge in [0.1, 0.15) is 5.75 Å². The van der Waals surface area contributed by atoms with Crippen molar-refractivity contribution in [3.05, 3.63) is 53.6 Å². The Morgan fingerprint density at radius 2 is 1.77 bits per heavy atom. The van der Waals surface area contributed by atoms with Gasteiger partial charge in [-0.3, -0.25) is 20.4 Å². The van der Waals surface area contributed by atoms with Crippen LogP contribution in [0.5, 0.6) is 5.75 Å². The van der Waals surface area contributed by atoms with Crippen molar-refractivity contribution in [3.8, 4) is 16.9 Å². The standard InChI is InChI=1S/C32H49N5O3/c1-5-6-18-34-32(33)35-31(38)15-11-25-10-14-29(30(23-25)40-22-7-21-39-4)27-12-8-26(9-13-27)24-37-19-16-28(17-20-37)36(2)3/h8-10,12-14,23,28H,5-7,11,15-22,24H2,1-4H3,(H3,33,34,35,38). The monoisotopic (exact) mass is 551 g/mol. The molecule has 3 N–H and O–H groups in total. The van der Waals surface area contributed by atoms with E-state index in [1.165, 1.54) is 18.4 Å². The molecule has 0 unspecified atom stereocenters. The van der Waals surface area contributed by atoms with E-state index >= 15 is 0 Å². The Bertz CT molecular complexity index is 1050. The third-order valence-corrected chi connectivity index (χ3v) is 7.49. The number of piperidine rings is 1. The van der Waals surface area contributed by atoms with E-state index in [4.69, 9.17) is 14.9 Å². The van der Waals surface area contributed by atoms with E-state index in [1.54, 1.807) is 7.11 Å². The molecule has 0 radical (unpaired) electrons. The summed E-state index contributed by atoms with van der Waals surface area (Å²) in [7, 11) is 6.06. The van der Waals surface area contributed by atoms with Crippen LogP contribution < -0.4 is 15.4 Å². The van der Waals surface area contributed by atoms with Crippen molar-refractivity contribution < 1.29 is 14.3 Å². The van der Waals surface area contributed by atoms with Crippen molar-refractivity contribution in [2.45, 2.75) is 64.5 Å². The topological polar surface area (TPSA) is 89.9 Å². The molecule has 1 heterocycles. The molecule has 0 spiro atoms. The SMILES string of the molecule is CCCCNC(=N)NC(=O)CCc1ccc(-c2ccc(CN3CCC(N(C)C)CC3)cc2)c(OCCCOC)c1. The number of guanidine groups is 1. The summed E-state index contributed by atoms with van der Waals surface area (Å²) >= 11 is 0. The molecule has 2 aromatic carbocycles. The minimum atomic E-state index is -0.165. The maximum atomic E-state index is 12.4. The van der Waals surface area contributed by atoms with Crippen LogP contribution in [0.4, 0.5) is 0 Å². The lowest BCUT2D eigenvalue weighted by molar-refractivity contribution is -0.119. The molecule has 1 saturated heterocycles. The summed E-state index contributed by atoms with van der Waals surface area (Å²) in [6, 6.07) is 15.7. The number of hydrogen-bond acceptors (Lipinski definition) is 6. The van der Waals surface area contributed by atoms with Crippen LogP contribution in [-0.4, -0.2) is 81.8 Å². The Balaban J connectivity index is 1.62. The first-order valence-electron chi connectivity index (χ1n) is 14.7. The maximum Gasteiger partial charge on any atom is 0.226 e. The minimum Gasteiger partial charge on any atom is -0.493 e. The molecule has 1 fully saturated rings. The molecule has 0 atom stereocenters. The Morgan fingerprint density at radius 3 is 2.45 bits per heavy atom. The van der Waals surface area contributed by atoms with Crippen molar-refractivity contribution in [2.75, 3.05) is 54.1 Å². The molecule has 1 aliphatic rings. The number of hydrogen-bond donors (Lipinski definition) is 3. The van der Waals surface area contributed by atoms with Crippen LogP contribution in [0, 0.1) is 5.41 Å². The van der Waals surface area contributed by atoms with Gasteiger partial charge in [-0.05, 0) is 75.6 Å². The lowest BCUT2D eigenvalue weighted by Gasteiger charge is -2.35. The van der Waals surface area contributed by atoms with Gasteiger partial charge in [-0.1, -0.05) is 49.7 Å². The third-order valence-electron chi connectivity index (χ3n) is 7.49. The number of carbonyl (C=O) groups is 1. The molecule has 3 rings (SSSR count). The van der Waals surface area contributed by atoms with Gasteiger partial charge in [-0.2, -0.15) is 0 Å². The first kappa shape index (κ1) is 31.6. The fraction of sp³-hybridized carbons (Fsp3) is 0.562. The Labute approximate surface area is 240 Å². The smallest absolute Gasteiger partial charge is 0.226 e. The lowest BCUT2D eigenvalue weighted by Crippen LogP contribution is -2.41. The predicted molar refractivity (Wildman–Crippen MR) is 163 cm³/mol. The summed E-state index contributed by atoms with van der Waals surface area (Å²) in [5.74, 6) is 0.723. The largest absolute Gasteiger partial charge is 0.493 e. The molecule has 0 aromatic heterocycles. The number of carbonyl (C=O) groups excluding carboxylic acids is 1. The fourth-order valence-corrected chi connectivity index (χ4v) is 5.00. The van der Waals surface area contributed by atoms with Crippen molar-refractivity contribution in [1.29, 1.82) is 5.41 Å². The number of rotatable bonds is 15. The molecular weight excluding hydrogens is 502 g/mol. The first-order valence-corrected chi connectivity index (χ1v) is 14.7. The molecule has 1 aliphatic heterocycles. The molecule has 8 heteroatoms. The highest BCUT2D eigenvalue weighted by Gasteiger charge is 2.20. The van der Waals surface area contributed by atoms with Crippen LogP contribution in [0.15, 0.2) is 42.5 Å². The van der Waals surface area contributed by atoms with Crippen LogP contribution in [0.1, 0.15) is 56.6 Å². The van der Waals surface area contributed by atoms with Gasteiger partial charge in [0, 0.05) is 51.3 Å². The summed E-state index contributed by atoms with van der Waals surface area (Å²) in [6.45, 7) is 7.25. The quantitative estimate of drug-likeness (QED) is 0.169. The molecule has 0 saturated carbocycles. The van der Waals surface area contributed by atoms with Gasteiger partial charge in [0.2, 0.25) is 5.91 Å². The van der Waals surface area contributed by atoms with E-state index in [2.05, 4.69) is 77.9 Å². The number of methoxy groups -OCH3 is 1. The van der Waals surface area contributed by atoms with Crippen LogP contribution in [0.2, 0.25) is 0 Å². The highest BCUT2D eigenvalue weighted by atomic mass is 16.5. The van der Waals surface area contributed by atoms with E-state index in [0.717, 1.165) is 61.3 Å². The third kappa shape index (κ3) is 10.6. The number of nitrogens with zero attached hydrogens (tertiary/aromatic N) is 2. The van der Waals surface area contributed by atoms with E-state index < -0.39 is 0 Å². The van der Waals surface area contributed by atoms with Gasteiger partial charge in [0.25, 0.3) is 0 Å².